The van der Waals surface area contributed by atoms with Crippen LogP contribution in [-0.4, -0.2) is 42.8 Å². The second-order valence-corrected chi connectivity index (χ2v) is 4.77. The Morgan fingerprint density at radius 3 is 2.68 bits per heavy atom. The van der Waals surface area contributed by atoms with Gasteiger partial charge in [0.2, 0.25) is 5.91 Å². The van der Waals surface area contributed by atoms with E-state index in [2.05, 4.69) is 5.32 Å². The zero-order valence-electron chi connectivity index (χ0n) is 10.7. The van der Waals surface area contributed by atoms with Crippen LogP contribution in [0.5, 0.6) is 0 Å². The lowest BCUT2D eigenvalue weighted by atomic mass is 10.1. The topological polar surface area (TPSA) is 105 Å². The number of nitrogens with one attached hydrogen (secondary N) is 1. The first kappa shape index (κ1) is 13.6. The molecule has 2 rings (SSSR count). The molecule has 0 radical (unpaired) electrons. The van der Waals surface area contributed by atoms with Gasteiger partial charge in [-0.25, -0.2) is 0 Å². The fourth-order valence-corrected chi connectivity index (χ4v) is 2.47. The highest BCUT2D eigenvalue weighted by Gasteiger charge is 2.35. The molecule has 1 amide bonds. The smallest absolute Gasteiger partial charge is 0.240 e. The summed E-state index contributed by atoms with van der Waals surface area (Å²) in [6.07, 6.45) is 0.652. The number of nitrogens with two attached hydrogens (primary N) is 2. The predicted octanol–water partition coefficient (Wildman–Crippen LogP) is -0.717. The van der Waals surface area contributed by atoms with Gasteiger partial charge in [-0.15, -0.1) is 0 Å². The minimum atomic E-state index is -0.329. The third kappa shape index (κ3) is 3.15. The van der Waals surface area contributed by atoms with Gasteiger partial charge in [0, 0.05) is 30.5 Å². The standard InChI is InChI=1S/C13H20N4O2/c14-9-1-3-11(4-2-9)17-8-10(16-5-6-18)7-12(17)13(15)19/h1-4,10,12,16,18H,5-8,14H2,(H2,15,19). The van der Waals surface area contributed by atoms with Crippen LogP contribution >= 0.6 is 0 Å². The number of nitrogen functional groups attached to an aromatic ring is 1. The van der Waals surface area contributed by atoms with Crippen molar-refractivity contribution in [1.29, 1.82) is 0 Å². The Hall–Kier alpha value is -1.79. The van der Waals surface area contributed by atoms with Crippen LogP contribution in [0.25, 0.3) is 0 Å². The van der Waals surface area contributed by atoms with Crippen molar-refractivity contribution in [2.45, 2.75) is 18.5 Å². The highest BCUT2D eigenvalue weighted by atomic mass is 16.3. The number of anilines is 2. The minimum Gasteiger partial charge on any atom is -0.399 e. The summed E-state index contributed by atoms with van der Waals surface area (Å²) in [7, 11) is 0. The van der Waals surface area contributed by atoms with Crippen LogP contribution in [0.4, 0.5) is 11.4 Å². The Labute approximate surface area is 112 Å². The zero-order chi connectivity index (χ0) is 13.8. The van der Waals surface area contributed by atoms with Crippen molar-refractivity contribution < 1.29 is 9.90 Å². The molecule has 2 atom stereocenters. The molecule has 2 unspecified atom stereocenters. The fourth-order valence-electron chi connectivity index (χ4n) is 2.47. The molecule has 19 heavy (non-hydrogen) atoms. The number of benzene rings is 1. The SMILES string of the molecule is NC(=O)C1CC(NCCO)CN1c1ccc(N)cc1. The monoisotopic (exact) mass is 264 g/mol. The molecule has 1 heterocycles. The number of carbonyl (C=O) groups excluding carboxylic acids is 1. The molecule has 1 aliphatic rings. The summed E-state index contributed by atoms with van der Waals surface area (Å²) in [5.41, 5.74) is 12.8. The Morgan fingerprint density at radius 1 is 1.42 bits per heavy atom. The Balaban J connectivity index is 2.12. The van der Waals surface area contributed by atoms with Gasteiger partial charge < -0.3 is 26.8 Å². The average Bonchev–Trinajstić information content (AvgIpc) is 2.81. The maximum atomic E-state index is 11.6. The number of aliphatic hydroxyl groups excluding tert-OH is 1. The van der Waals surface area contributed by atoms with Crippen LogP contribution in [0.3, 0.4) is 0 Å². The third-order valence-electron chi connectivity index (χ3n) is 3.40. The number of hydrogen-bond donors (Lipinski definition) is 4. The summed E-state index contributed by atoms with van der Waals surface area (Å²) in [5, 5.41) is 12.0. The number of primary amides is 1. The Bertz CT molecular complexity index is 435. The molecule has 0 saturated carbocycles. The summed E-state index contributed by atoms with van der Waals surface area (Å²) in [6, 6.07) is 7.23. The molecule has 1 aromatic carbocycles. The molecule has 1 aromatic rings. The van der Waals surface area contributed by atoms with Crippen molar-refractivity contribution in [3.8, 4) is 0 Å². The van der Waals surface area contributed by atoms with E-state index in [1.807, 2.05) is 29.2 Å². The second kappa shape index (κ2) is 5.90. The summed E-state index contributed by atoms with van der Waals surface area (Å²) < 4.78 is 0. The van der Waals surface area contributed by atoms with E-state index in [-0.39, 0.29) is 24.6 Å². The van der Waals surface area contributed by atoms with E-state index in [9.17, 15) is 4.79 Å². The largest absolute Gasteiger partial charge is 0.399 e. The first-order chi connectivity index (χ1) is 9.11. The number of nitrogens with zero attached hydrogens (tertiary/aromatic N) is 1. The molecule has 6 N–H and O–H groups in total. The molecular weight excluding hydrogens is 244 g/mol. The highest BCUT2D eigenvalue weighted by molar-refractivity contribution is 5.84. The molecule has 0 aliphatic carbocycles. The summed E-state index contributed by atoms with van der Waals surface area (Å²) in [6.45, 7) is 1.29. The van der Waals surface area contributed by atoms with Crippen LogP contribution in [0.1, 0.15) is 6.42 Å². The number of carbonyl (C=O) groups is 1. The van der Waals surface area contributed by atoms with E-state index < -0.39 is 0 Å². The molecule has 1 saturated heterocycles. The number of rotatable bonds is 5. The van der Waals surface area contributed by atoms with E-state index >= 15 is 0 Å². The van der Waals surface area contributed by atoms with Gasteiger partial charge in [-0.1, -0.05) is 0 Å². The maximum Gasteiger partial charge on any atom is 0.240 e. The van der Waals surface area contributed by atoms with Gasteiger partial charge in [0.05, 0.1) is 6.61 Å². The van der Waals surface area contributed by atoms with Crippen molar-refractivity contribution in [3.05, 3.63) is 24.3 Å². The van der Waals surface area contributed by atoms with Crippen LogP contribution in [0, 0.1) is 0 Å². The second-order valence-electron chi connectivity index (χ2n) is 4.77. The molecule has 6 nitrogen and oxygen atoms in total. The predicted molar refractivity (Wildman–Crippen MR) is 74.7 cm³/mol. The van der Waals surface area contributed by atoms with Gasteiger partial charge in [-0.3, -0.25) is 4.79 Å². The lowest BCUT2D eigenvalue weighted by Gasteiger charge is -2.24. The number of aliphatic hydroxyl groups is 1. The molecule has 1 fully saturated rings. The fraction of sp³-hybridized carbons (Fsp3) is 0.462. The summed E-state index contributed by atoms with van der Waals surface area (Å²) >= 11 is 0. The first-order valence-electron chi connectivity index (χ1n) is 6.37. The zero-order valence-corrected chi connectivity index (χ0v) is 10.7. The van der Waals surface area contributed by atoms with Crippen LogP contribution in [0.15, 0.2) is 24.3 Å². The minimum absolute atomic E-state index is 0.0829. The number of amides is 1. The lowest BCUT2D eigenvalue weighted by molar-refractivity contribution is -0.119. The summed E-state index contributed by atoms with van der Waals surface area (Å²) in [5.74, 6) is -0.329. The maximum absolute atomic E-state index is 11.6. The molecule has 1 aliphatic heterocycles. The van der Waals surface area contributed by atoms with E-state index in [4.69, 9.17) is 16.6 Å². The van der Waals surface area contributed by atoms with Gasteiger partial charge in [0.15, 0.2) is 0 Å². The van der Waals surface area contributed by atoms with Crippen molar-refractivity contribution >= 4 is 17.3 Å². The van der Waals surface area contributed by atoms with Gasteiger partial charge in [-0.2, -0.15) is 0 Å². The molecule has 0 spiro atoms. The van der Waals surface area contributed by atoms with Crippen molar-refractivity contribution in [1.82, 2.24) is 5.32 Å². The Morgan fingerprint density at radius 2 is 2.11 bits per heavy atom. The molecule has 104 valence electrons. The van der Waals surface area contributed by atoms with E-state index in [0.717, 1.165) is 5.69 Å². The summed E-state index contributed by atoms with van der Waals surface area (Å²) in [4.78, 5) is 13.5. The third-order valence-corrected chi connectivity index (χ3v) is 3.40. The van der Waals surface area contributed by atoms with E-state index in [0.29, 0.717) is 25.2 Å². The molecule has 0 bridgehead atoms. The van der Waals surface area contributed by atoms with Crippen molar-refractivity contribution in [2.24, 2.45) is 5.73 Å². The van der Waals surface area contributed by atoms with Crippen molar-refractivity contribution in [2.75, 3.05) is 30.3 Å². The van der Waals surface area contributed by atoms with Crippen molar-refractivity contribution in [3.63, 3.8) is 0 Å². The van der Waals surface area contributed by atoms with Gasteiger partial charge in [0.25, 0.3) is 0 Å². The average molecular weight is 264 g/mol. The van der Waals surface area contributed by atoms with Crippen LogP contribution < -0.4 is 21.7 Å². The highest BCUT2D eigenvalue weighted by Crippen LogP contribution is 2.26. The molecule has 0 aromatic heterocycles. The van der Waals surface area contributed by atoms with Crippen LogP contribution in [-0.2, 0) is 4.79 Å². The quantitative estimate of drug-likeness (QED) is 0.526. The molecular formula is C13H20N4O2. The van der Waals surface area contributed by atoms with E-state index in [1.165, 1.54) is 0 Å². The Kier molecular flexibility index (Phi) is 4.24. The molecule has 6 heteroatoms. The normalized spacial score (nSPS) is 22.7. The van der Waals surface area contributed by atoms with Gasteiger partial charge >= 0.3 is 0 Å². The first-order valence-corrected chi connectivity index (χ1v) is 6.37. The lowest BCUT2D eigenvalue weighted by Crippen LogP contribution is -2.40. The van der Waals surface area contributed by atoms with E-state index in [1.54, 1.807) is 0 Å². The van der Waals surface area contributed by atoms with Gasteiger partial charge in [0.1, 0.15) is 6.04 Å². The number of hydrogen-bond acceptors (Lipinski definition) is 5. The van der Waals surface area contributed by atoms with Gasteiger partial charge in [-0.05, 0) is 30.7 Å². The van der Waals surface area contributed by atoms with Crippen LogP contribution in [0.2, 0.25) is 0 Å².